The van der Waals surface area contributed by atoms with Crippen molar-refractivity contribution in [3.63, 3.8) is 0 Å². The fourth-order valence-corrected chi connectivity index (χ4v) is 8.54. The van der Waals surface area contributed by atoms with Gasteiger partial charge in [-0.2, -0.15) is 0 Å². The summed E-state index contributed by atoms with van der Waals surface area (Å²) in [6.45, 7) is 0. The van der Waals surface area contributed by atoms with Gasteiger partial charge in [0.05, 0.1) is 0 Å². The zero-order valence-corrected chi connectivity index (χ0v) is 26.0. The molecule has 1 aliphatic heterocycles. The summed E-state index contributed by atoms with van der Waals surface area (Å²) >= 11 is 0. The monoisotopic (exact) mass is 575 g/mol. The van der Waals surface area contributed by atoms with Crippen LogP contribution in [0.4, 0.5) is 0 Å². The van der Waals surface area contributed by atoms with Crippen molar-refractivity contribution in [1.82, 2.24) is 4.90 Å². The van der Waals surface area contributed by atoms with Crippen LogP contribution in [0.1, 0.15) is 73.6 Å². The number of benzene rings is 4. The van der Waals surface area contributed by atoms with Gasteiger partial charge in [-0.1, -0.05) is 135 Å². The average molecular weight is 576 g/mol. The van der Waals surface area contributed by atoms with Gasteiger partial charge < -0.3 is 9.64 Å². The Kier molecular flexibility index (Phi) is 6.63. The van der Waals surface area contributed by atoms with Gasteiger partial charge in [0.25, 0.3) is 0 Å². The number of rotatable bonds is 3. The highest BCUT2D eigenvalue weighted by Crippen LogP contribution is 2.61. The van der Waals surface area contributed by atoms with E-state index in [4.69, 9.17) is 4.74 Å². The fraction of sp³-hybridized carbons (Fsp3) is 0.286. The van der Waals surface area contributed by atoms with Crippen molar-refractivity contribution in [3.05, 3.63) is 143 Å². The molecule has 1 spiro atoms. The van der Waals surface area contributed by atoms with E-state index in [9.17, 15) is 0 Å². The highest BCUT2D eigenvalue weighted by atomic mass is 16.5. The summed E-state index contributed by atoms with van der Waals surface area (Å²) < 4.78 is 7.58. The van der Waals surface area contributed by atoms with Crippen LogP contribution in [0, 0.1) is 0 Å². The molecular formula is C42H41NO. The lowest BCUT2D eigenvalue weighted by Gasteiger charge is -2.40. The zero-order valence-electron chi connectivity index (χ0n) is 26.0. The molecule has 1 saturated carbocycles. The summed E-state index contributed by atoms with van der Waals surface area (Å²) in [4.78, 5) is 2.18. The Bertz CT molecular complexity index is 1860. The van der Waals surface area contributed by atoms with Crippen LogP contribution in [-0.2, 0) is 11.0 Å². The molecule has 44 heavy (non-hydrogen) atoms. The van der Waals surface area contributed by atoms with Crippen molar-refractivity contribution in [2.24, 2.45) is 0 Å². The van der Waals surface area contributed by atoms with Crippen molar-refractivity contribution in [2.75, 3.05) is 14.1 Å². The summed E-state index contributed by atoms with van der Waals surface area (Å²) in [7, 11) is 4.22. The Hall–Kier alpha value is -4.30. The van der Waals surface area contributed by atoms with E-state index in [1.807, 2.05) is 0 Å². The van der Waals surface area contributed by atoms with Gasteiger partial charge in [0.2, 0.25) is 0 Å². The second kappa shape index (κ2) is 10.7. The highest BCUT2D eigenvalue weighted by molar-refractivity contribution is 6.08. The van der Waals surface area contributed by atoms with Crippen LogP contribution < -0.4 is 4.74 Å². The van der Waals surface area contributed by atoms with Gasteiger partial charge in [0, 0.05) is 47.3 Å². The van der Waals surface area contributed by atoms with E-state index < -0.39 is 5.60 Å². The number of nitrogens with zero attached hydrogens (tertiary/aromatic N) is 1. The normalized spacial score (nSPS) is 21.7. The Morgan fingerprint density at radius 3 is 2.18 bits per heavy atom. The first-order valence-corrected chi connectivity index (χ1v) is 16.5. The van der Waals surface area contributed by atoms with Gasteiger partial charge in [-0.05, 0) is 59.1 Å². The van der Waals surface area contributed by atoms with Gasteiger partial charge in [0.15, 0.2) is 5.60 Å². The van der Waals surface area contributed by atoms with E-state index in [-0.39, 0.29) is 5.41 Å². The third-order valence-corrected chi connectivity index (χ3v) is 10.6. The van der Waals surface area contributed by atoms with E-state index in [0.29, 0.717) is 0 Å². The van der Waals surface area contributed by atoms with Crippen molar-refractivity contribution >= 4 is 16.8 Å². The van der Waals surface area contributed by atoms with Crippen LogP contribution in [0.3, 0.4) is 0 Å². The van der Waals surface area contributed by atoms with Gasteiger partial charge in [-0.25, -0.2) is 0 Å². The van der Waals surface area contributed by atoms with Crippen molar-refractivity contribution in [1.29, 1.82) is 0 Å². The number of fused-ring (bicyclic) bond motifs is 10. The van der Waals surface area contributed by atoms with E-state index in [0.717, 1.165) is 17.7 Å². The van der Waals surface area contributed by atoms with Gasteiger partial charge in [0.1, 0.15) is 5.75 Å². The van der Waals surface area contributed by atoms with E-state index in [1.54, 1.807) is 0 Å². The maximum Gasteiger partial charge on any atom is 0.177 e. The molecule has 4 aliphatic rings. The minimum Gasteiger partial charge on any atom is -0.472 e. The second-order valence-electron chi connectivity index (χ2n) is 13.2. The summed E-state index contributed by atoms with van der Waals surface area (Å²) in [6, 6.07) is 29.1. The first-order valence-electron chi connectivity index (χ1n) is 16.5. The molecule has 0 bridgehead atoms. The second-order valence-corrected chi connectivity index (χ2v) is 13.2. The number of hydrogen-bond acceptors (Lipinski definition) is 2. The van der Waals surface area contributed by atoms with Gasteiger partial charge >= 0.3 is 0 Å². The molecule has 8 rings (SSSR count). The summed E-state index contributed by atoms with van der Waals surface area (Å²) in [5, 5.41) is 2.51. The lowest BCUT2D eigenvalue weighted by molar-refractivity contribution is 0.162. The molecule has 4 aromatic carbocycles. The molecular weight excluding hydrogens is 534 g/mol. The molecule has 0 saturated heterocycles. The molecule has 1 fully saturated rings. The lowest BCUT2D eigenvalue weighted by Crippen LogP contribution is -2.36. The molecule has 1 unspecified atom stereocenters. The van der Waals surface area contributed by atoms with Crippen LogP contribution >= 0.6 is 0 Å². The third-order valence-electron chi connectivity index (χ3n) is 10.6. The molecule has 2 nitrogen and oxygen atoms in total. The predicted molar refractivity (Wildman–Crippen MR) is 184 cm³/mol. The number of allylic oxidation sites excluding steroid dienone is 3. The molecule has 1 heterocycles. The van der Waals surface area contributed by atoms with Crippen molar-refractivity contribution in [3.8, 4) is 16.9 Å². The molecule has 0 aromatic heterocycles. The SMILES string of the molecule is CN(C)C1=CCC=C(C2(c3ccccc3)C=Cc3c4c(c5ccccc5c3O2)-c2ccccc2C42CCCCCCC2)C=C1. The largest absolute Gasteiger partial charge is 0.472 e. The summed E-state index contributed by atoms with van der Waals surface area (Å²) in [5.74, 6) is 1.03. The van der Waals surface area contributed by atoms with Crippen molar-refractivity contribution in [2.45, 2.75) is 62.4 Å². The zero-order chi connectivity index (χ0) is 29.7. The summed E-state index contributed by atoms with van der Waals surface area (Å²) in [6.07, 6.45) is 23.7. The first kappa shape index (κ1) is 27.3. The topological polar surface area (TPSA) is 12.5 Å². The van der Waals surface area contributed by atoms with E-state index in [2.05, 4.69) is 134 Å². The molecule has 0 amide bonds. The Morgan fingerprint density at radius 2 is 1.39 bits per heavy atom. The van der Waals surface area contributed by atoms with Crippen molar-refractivity contribution < 1.29 is 4.74 Å². The van der Waals surface area contributed by atoms with E-state index >= 15 is 0 Å². The third kappa shape index (κ3) is 4.07. The molecule has 220 valence electrons. The molecule has 2 heteroatoms. The Morgan fingerprint density at radius 1 is 0.682 bits per heavy atom. The maximum atomic E-state index is 7.58. The minimum absolute atomic E-state index is 0.0208. The van der Waals surface area contributed by atoms with Gasteiger partial charge in [-0.15, -0.1) is 0 Å². The average Bonchev–Trinajstić information content (AvgIpc) is 3.16. The molecule has 1 atom stereocenters. The molecule has 4 aromatic rings. The molecule has 3 aliphatic carbocycles. The molecule has 0 N–H and O–H groups in total. The lowest BCUT2D eigenvalue weighted by atomic mass is 9.67. The fourth-order valence-electron chi connectivity index (χ4n) is 8.54. The van der Waals surface area contributed by atoms with Crippen LogP contribution in [0.15, 0.2) is 121 Å². The number of hydrogen-bond donors (Lipinski definition) is 0. The van der Waals surface area contributed by atoms with Crippen LogP contribution in [-0.4, -0.2) is 19.0 Å². The highest BCUT2D eigenvalue weighted by Gasteiger charge is 2.48. The Balaban J connectivity index is 1.40. The quantitative estimate of drug-likeness (QED) is 0.241. The van der Waals surface area contributed by atoms with Gasteiger partial charge in [-0.3, -0.25) is 0 Å². The van der Waals surface area contributed by atoms with Crippen LogP contribution in [0.25, 0.3) is 28.0 Å². The Labute approximate surface area is 262 Å². The predicted octanol–water partition coefficient (Wildman–Crippen LogP) is 10.5. The van der Waals surface area contributed by atoms with E-state index in [1.165, 1.54) is 94.8 Å². The number of ether oxygens (including phenoxy) is 1. The first-order chi connectivity index (χ1) is 21.6. The maximum absolute atomic E-state index is 7.58. The smallest absolute Gasteiger partial charge is 0.177 e. The summed E-state index contributed by atoms with van der Waals surface area (Å²) in [5.41, 5.74) is 10.0. The minimum atomic E-state index is -0.725. The van der Waals surface area contributed by atoms with Crippen LogP contribution in [0.5, 0.6) is 5.75 Å². The standard InChI is InChI=1S/C42H41NO/c1-43(2)32-19-15-18-31(24-25-32)42(30-16-7-6-8-17-30)29-26-36-39-38(33-20-9-10-21-34(33)40(36)44-42)35-22-11-12-23-37(35)41(39)27-13-4-3-5-14-28-41/h6-12,16-26,29H,3-5,13-15,27-28H2,1-2H3. The molecule has 0 radical (unpaired) electrons. The number of likely N-dealkylation sites (N-methyl/N-ethyl adjacent to an activating group) is 1. The van der Waals surface area contributed by atoms with Crippen LogP contribution in [0.2, 0.25) is 0 Å².